The van der Waals surface area contributed by atoms with E-state index in [1.54, 1.807) is 0 Å². The second-order valence-electron chi connectivity index (χ2n) is 5.26. The number of nitrogens with zero attached hydrogens (tertiary/aromatic N) is 2. The second-order valence-corrected chi connectivity index (χ2v) is 5.26. The summed E-state index contributed by atoms with van der Waals surface area (Å²) >= 11 is 0. The van der Waals surface area contributed by atoms with Gasteiger partial charge >= 0.3 is 0 Å². The predicted octanol–water partition coefficient (Wildman–Crippen LogP) is 1.71. The summed E-state index contributed by atoms with van der Waals surface area (Å²) in [6, 6.07) is 4.71. The zero-order valence-electron chi connectivity index (χ0n) is 10.8. The normalized spacial score (nSPS) is 20.2. The van der Waals surface area contributed by atoms with E-state index < -0.39 is 0 Å². The van der Waals surface area contributed by atoms with Crippen molar-refractivity contribution in [1.29, 1.82) is 0 Å². The third-order valence-corrected chi connectivity index (χ3v) is 3.98. The Balaban J connectivity index is 1.87. The number of aryl methyl sites for hydroxylation is 1. The Kier molecular flexibility index (Phi) is 2.71. The molecular formula is C14H21N3. The lowest BCUT2D eigenvalue weighted by Crippen LogP contribution is -2.44. The summed E-state index contributed by atoms with van der Waals surface area (Å²) in [5.41, 5.74) is 5.69. The van der Waals surface area contributed by atoms with Crippen LogP contribution in [0.5, 0.6) is 0 Å². The van der Waals surface area contributed by atoms with Gasteiger partial charge in [-0.1, -0.05) is 6.07 Å². The van der Waals surface area contributed by atoms with E-state index in [4.69, 9.17) is 0 Å². The van der Waals surface area contributed by atoms with Crippen LogP contribution in [0.25, 0.3) is 0 Å². The van der Waals surface area contributed by atoms with Crippen LogP contribution in [-0.2, 0) is 6.42 Å². The van der Waals surface area contributed by atoms with Crippen LogP contribution >= 0.6 is 0 Å². The number of benzene rings is 1. The highest BCUT2D eigenvalue weighted by molar-refractivity contribution is 5.68. The van der Waals surface area contributed by atoms with Crippen molar-refractivity contribution in [3.63, 3.8) is 0 Å². The summed E-state index contributed by atoms with van der Waals surface area (Å²) in [5, 5.41) is 3.48. The van der Waals surface area contributed by atoms with Gasteiger partial charge < -0.3 is 15.1 Å². The zero-order chi connectivity index (χ0) is 11.8. The molecule has 0 bridgehead atoms. The van der Waals surface area contributed by atoms with Gasteiger partial charge in [0.1, 0.15) is 0 Å². The molecule has 2 aliphatic heterocycles. The molecule has 3 heteroatoms. The van der Waals surface area contributed by atoms with Gasteiger partial charge in [-0.05, 0) is 37.6 Å². The first kappa shape index (κ1) is 10.9. The number of hydrogen-bond acceptors (Lipinski definition) is 3. The minimum absolute atomic E-state index is 1.10. The van der Waals surface area contributed by atoms with Gasteiger partial charge in [0.25, 0.3) is 0 Å². The van der Waals surface area contributed by atoms with E-state index in [0.29, 0.717) is 0 Å². The van der Waals surface area contributed by atoms with Crippen molar-refractivity contribution >= 4 is 11.4 Å². The van der Waals surface area contributed by atoms with Crippen molar-refractivity contribution in [2.75, 3.05) is 50.0 Å². The fraction of sp³-hybridized carbons (Fsp3) is 0.571. The molecule has 2 aliphatic rings. The molecule has 0 radical (unpaired) electrons. The van der Waals surface area contributed by atoms with E-state index in [0.717, 1.165) is 19.6 Å². The lowest BCUT2D eigenvalue weighted by atomic mass is 10.1. The van der Waals surface area contributed by atoms with Gasteiger partial charge in [-0.2, -0.15) is 0 Å². The summed E-state index contributed by atoms with van der Waals surface area (Å²) < 4.78 is 0. The molecule has 92 valence electrons. The monoisotopic (exact) mass is 231 g/mol. The minimum Gasteiger partial charge on any atom is -0.384 e. The van der Waals surface area contributed by atoms with Crippen molar-refractivity contribution in [3.05, 3.63) is 23.3 Å². The Bertz CT molecular complexity index is 420. The predicted molar refractivity (Wildman–Crippen MR) is 73.1 cm³/mol. The number of piperazine rings is 1. The van der Waals surface area contributed by atoms with Crippen LogP contribution in [0.1, 0.15) is 11.1 Å². The SMILES string of the molecule is Cc1cc2c(cc1N1CCN(C)CC1)NCC2. The van der Waals surface area contributed by atoms with Crippen molar-refractivity contribution in [3.8, 4) is 0 Å². The summed E-state index contributed by atoms with van der Waals surface area (Å²) in [7, 11) is 2.20. The van der Waals surface area contributed by atoms with Crippen LogP contribution in [-0.4, -0.2) is 44.7 Å². The average Bonchev–Trinajstić information content (AvgIpc) is 2.76. The average molecular weight is 231 g/mol. The van der Waals surface area contributed by atoms with Gasteiger partial charge in [0.2, 0.25) is 0 Å². The van der Waals surface area contributed by atoms with Crippen LogP contribution in [0.2, 0.25) is 0 Å². The Morgan fingerprint density at radius 3 is 2.65 bits per heavy atom. The highest BCUT2D eigenvalue weighted by atomic mass is 15.2. The molecule has 1 aromatic rings. The van der Waals surface area contributed by atoms with E-state index in [2.05, 4.69) is 41.2 Å². The van der Waals surface area contributed by atoms with E-state index in [1.165, 1.54) is 42.0 Å². The van der Waals surface area contributed by atoms with Gasteiger partial charge in [0.15, 0.2) is 0 Å². The van der Waals surface area contributed by atoms with E-state index in [9.17, 15) is 0 Å². The second kappa shape index (κ2) is 4.22. The Morgan fingerprint density at radius 1 is 1.12 bits per heavy atom. The topological polar surface area (TPSA) is 18.5 Å². The standard InChI is InChI=1S/C14H21N3/c1-11-9-12-3-4-15-13(12)10-14(11)17-7-5-16(2)6-8-17/h9-10,15H,3-8H2,1-2H3. The summed E-state index contributed by atoms with van der Waals surface area (Å²) in [5.74, 6) is 0. The summed E-state index contributed by atoms with van der Waals surface area (Å²) in [4.78, 5) is 4.92. The third kappa shape index (κ3) is 2.00. The molecule has 2 heterocycles. The summed E-state index contributed by atoms with van der Waals surface area (Å²) in [6.07, 6.45) is 1.18. The molecule has 0 aromatic heterocycles. The van der Waals surface area contributed by atoms with Crippen LogP contribution in [0.4, 0.5) is 11.4 Å². The van der Waals surface area contributed by atoms with Crippen LogP contribution in [0.3, 0.4) is 0 Å². The van der Waals surface area contributed by atoms with Crippen molar-refractivity contribution in [2.24, 2.45) is 0 Å². The maximum atomic E-state index is 3.48. The van der Waals surface area contributed by atoms with E-state index >= 15 is 0 Å². The molecule has 3 rings (SSSR count). The number of fused-ring (bicyclic) bond motifs is 1. The highest BCUT2D eigenvalue weighted by Crippen LogP contribution is 2.31. The number of hydrogen-bond donors (Lipinski definition) is 1. The van der Waals surface area contributed by atoms with Crippen molar-refractivity contribution < 1.29 is 0 Å². The molecule has 17 heavy (non-hydrogen) atoms. The Labute approximate surface area is 103 Å². The quantitative estimate of drug-likeness (QED) is 0.794. The Morgan fingerprint density at radius 2 is 1.88 bits per heavy atom. The molecule has 1 aromatic carbocycles. The lowest BCUT2D eigenvalue weighted by molar-refractivity contribution is 0.312. The van der Waals surface area contributed by atoms with E-state index in [1.807, 2.05) is 0 Å². The molecule has 0 saturated carbocycles. The molecule has 1 fully saturated rings. The smallest absolute Gasteiger partial charge is 0.0417 e. The van der Waals surface area contributed by atoms with Crippen LogP contribution < -0.4 is 10.2 Å². The van der Waals surface area contributed by atoms with Gasteiger partial charge in [-0.15, -0.1) is 0 Å². The lowest BCUT2D eigenvalue weighted by Gasteiger charge is -2.35. The molecule has 0 amide bonds. The van der Waals surface area contributed by atoms with Gasteiger partial charge in [-0.25, -0.2) is 0 Å². The first-order valence-electron chi connectivity index (χ1n) is 6.55. The number of likely N-dealkylation sites (N-methyl/N-ethyl adjacent to an activating group) is 1. The maximum Gasteiger partial charge on any atom is 0.0417 e. The molecular weight excluding hydrogens is 210 g/mol. The molecule has 0 spiro atoms. The van der Waals surface area contributed by atoms with Crippen LogP contribution in [0, 0.1) is 6.92 Å². The molecule has 0 atom stereocenters. The minimum atomic E-state index is 1.10. The van der Waals surface area contributed by atoms with Gasteiger partial charge in [0, 0.05) is 44.1 Å². The fourth-order valence-corrected chi connectivity index (χ4v) is 2.85. The number of anilines is 2. The van der Waals surface area contributed by atoms with Crippen molar-refractivity contribution in [1.82, 2.24) is 4.90 Å². The highest BCUT2D eigenvalue weighted by Gasteiger charge is 2.19. The number of nitrogens with one attached hydrogen (secondary N) is 1. The zero-order valence-corrected chi connectivity index (χ0v) is 10.8. The van der Waals surface area contributed by atoms with Gasteiger partial charge in [0.05, 0.1) is 0 Å². The molecule has 1 N–H and O–H groups in total. The van der Waals surface area contributed by atoms with Crippen molar-refractivity contribution in [2.45, 2.75) is 13.3 Å². The molecule has 3 nitrogen and oxygen atoms in total. The largest absolute Gasteiger partial charge is 0.384 e. The van der Waals surface area contributed by atoms with E-state index in [-0.39, 0.29) is 0 Å². The van der Waals surface area contributed by atoms with Crippen LogP contribution in [0.15, 0.2) is 12.1 Å². The summed E-state index contributed by atoms with van der Waals surface area (Å²) in [6.45, 7) is 7.98. The third-order valence-electron chi connectivity index (χ3n) is 3.98. The first-order valence-corrected chi connectivity index (χ1v) is 6.55. The molecule has 1 saturated heterocycles. The first-order chi connectivity index (χ1) is 8.24. The molecule has 0 unspecified atom stereocenters. The number of rotatable bonds is 1. The maximum absolute atomic E-state index is 3.48. The van der Waals surface area contributed by atoms with Gasteiger partial charge in [-0.3, -0.25) is 0 Å². The fourth-order valence-electron chi connectivity index (χ4n) is 2.85. The molecule has 0 aliphatic carbocycles. The Hall–Kier alpha value is -1.22.